The van der Waals surface area contributed by atoms with Crippen LogP contribution in [-0.4, -0.2) is 34.4 Å². The summed E-state index contributed by atoms with van der Waals surface area (Å²) in [4.78, 5) is 23.8. The second-order valence-corrected chi connectivity index (χ2v) is 9.27. The van der Waals surface area contributed by atoms with Crippen molar-refractivity contribution in [1.82, 2.24) is 9.88 Å². The van der Waals surface area contributed by atoms with Gasteiger partial charge in [0.25, 0.3) is 5.91 Å². The van der Waals surface area contributed by atoms with Gasteiger partial charge in [0.05, 0.1) is 5.02 Å². The smallest absolute Gasteiger partial charge is 0.261 e. The first-order valence-corrected chi connectivity index (χ1v) is 10.9. The van der Waals surface area contributed by atoms with Gasteiger partial charge in [-0.25, -0.2) is 9.38 Å². The molecule has 0 radical (unpaired) electrons. The zero-order chi connectivity index (χ0) is 23.4. The van der Waals surface area contributed by atoms with Gasteiger partial charge < -0.3 is 10.5 Å². The van der Waals surface area contributed by atoms with Gasteiger partial charge in [0.2, 0.25) is 0 Å². The van der Waals surface area contributed by atoms with Crippen LogP contribution >= 0.6 is 11.6 Å². The van der Waals surface area contributed by atoms with E-state index in [0.29, 0.717) is 22.8 Å². The van der Waals surface area contributed by atoms with Crippen LogP contribution in [0.15, 0.2) is 65.9 Å². The molecule has 1 amide bonds. The molecular weight excluding hydrogens is 443 g/mol. The van der Waals surface area contributed by atoms with Crippen LogP contribution in [0.25, 0.3) is 11.1 Å². The molecule has 6 nitrogen and oxygen atoms in total. The quantitative estimate of drug-likeness (QED) is 0.626. The molecule has 2 aliphatic heterocycles. The normalized spacial score (nSPS) is 23.9. The van der Waals surface area contributed by atoms with Crippen molar-refractivity contribution in [2.45, 2.75) is 30.9 Å². The first-order valence-electron chi connectivity index (χ1n) is 10.5. The Bertz CT molecular complexity index is 1300. The fourth-order valence-corrected chi connectivity index (χ4v) is 4.93. The Morgan fingerprint density at radius 3 is 2.58 bits per heavy atom. The minimum absolute atomic E-state index is 0.159. The lowest BCUT2D eigenvalue weighted by atomic mass is 9.74. The summed E-state index contributed by atoms with van der Waals surface area (Å²) in [6, 6.07) is 13.7. The van der Waals surface area contributed by atoms with Gasteiger partial charge in [-0.15, -0.1) is 0 Å². The number of ether oxygens (including phenoxy) is 1. The standard InChI is InChI=1S/C25H22ClFN4O2/c1-24(11-15-3-6-19(27)7-4-15)14-25(22(32)31(2)23(28)30-25)20-10-16(5-8-21(20)33-24)17-9-18(26)13-29-12-17/h3-10,12-13H,11,14H2,1-2H3,(H2,28,30)/t24-,25-/m1/s1. The fourth-order valence-electron chi connectivity index (χ4n) is 4.75. The number of pyridine rings is 1. The summed E-state index contributed by atoms with van der Waals surface area (Å²) in [5.74, 6) is 0.205. The molecule has 5 rings (SSSR count). The zero-order valence-corrected chi connectivity index (χ0v) is 18.9. The number of hydrogen-bond acceptors (Lipinski definition) is 5. The molecular formula is C25H22ClFN4O2. The highest BCUT2D eigenvalue weighted by Crippen LogP contribution is 2.50. The third kappa shape index (κ3) is 3.62. The van der Waals surface area contributed by atoms with Gasteiger partial charge in [0.15, 0.2) is 11.5 Å². The molecule has 2 N–H and O–H groups in total. The first kappa shape index (κ1) is 21.4. The van der Waals surface area contributed by atoms with Crippen molar-refractivity contribution >= 4 is 23.5 Å². The minimum atomic E-state index is -1.22. The maximum absolute atomic E-state index is 13.5. The van der Waals surface area contributed by atoms with E-state index in [-0.39, 0.29) is 24.1 Å². The summed E-state index contributed by atoms with van der Waals surface area (Å²) in [6.07, 6.45) is 4.03. The van der Waals surface area contributed by atoms with Crippen LogP contribution in [0.5, 0.6) is 5.75 Å². The highest BCUT2D eigenvalue weighted by atomic mass is 35.5. The number of carbonyl (C=O) groups excluding carboxylic acids is 1. The number of nitrogens with two attached hydrogens (primary N) is 1. The number of benzene rings is 2. The number of amides is 1. The van der Waals surface area contributed by atoms with E-state index in [2.05, 4.69) is 9.98 Å². The monoisotopic (exact) mass is 464 g/mol. The number of likely N-dealkylation sites (N-methyl/N-ethyl adjacent to an activating group) is 1. The van der Waals surface area contributed by atoms with Crippen molar-refractivity contribution in [3.8, 4) is 16.9 Å². The average molecular weight is 465 g/mol. The van der Waals surface area contributed by atoms with Crippen molar-refractivity contribution in [1.29, 1.82) is 0 Å². The third-order valence-corrected chi connectivity index (χ3v) is 6.46. The molecule has 2 aliphatic rings. The lowest BCUT2D eigenvalue weighted by molar-refractivity contribution is -0.133. The molecule has 0 aliphatic carbocycles. The van der Waals surface area contributed by atoms with Crippen LogP contribution in [0.3, 0.4) is 0 Å². The topological polar surface area (TPSA) is 80.8 Å². The van der Waals surface area contributed by atoms with Gasteiger partial charge in [0.1, 0.15) is 17.2 Å². The van der Waals surface area contributed by atoms with Crippen LogP contribution in [-0.2, 0) is 16.8 Å². The Hall–Kier alpha value is -3.45. The van der Waals surface area contributed by atoms with Crippen LogP contribution in [0.1, 0.15) is 24.5 Å². The number of guanidine groups is 1. The number of aliphatic imine (C=N–C) groups is 1. The number of aromatic nitrogens is 1. The SMILES string of the molecule is CN1C(=O)[C@]2(C[C@@](C)(Cc3ccc(F)cc3)Oc3ccc(-c4cncc(Cl)c4)cc32)N=C1N. The number of carbonyl (C=O) groups is 1. The Morgan fingerprint density at radius 1 is 1.15 bits per heavy atom. The predicted molar refractivity (Wildman–Crippen MR) is 125 cm³/mol. The molecule has 0 unspecified atom stereocenters. The number of hydrogen-bond donors (Lipinski definition) is 1. The molecule has 168 valence electrons. The van der Waals surface area contributed by atoms with E-state index in [0.717, 1.165) is 16.7 Å². The molecule has 0 saturated carbocycles. The third-order valence-electron chi connectivity index (χ3n) is 6.25. The molecule has 0 saturated heterocycles. The second-order valence-electron chi connectivity index (χ2n) is 8.83. The van der Waals surface area contributed by atoms with Crippen LogP contribution in [0.2, 0.25) is 5.02 Å². The Morgan fingerprint density at radius 2 is 1.91 bits per heavy atom. The van der Waals surface area contributed by atoms with Gasteiger partial charge in [-0.2, -0.15) is 0 Å². The number of nitrogens with zero attached hydrogens (tertiary/aromatic N) is 3. The summed E-state index contributed by atoms with van der Waals surface area (Å²) in [5, 5.41) is 0.516. The maximum Gasteiger partial charge on any atom is 0.261 e. The van der Waals surface area contributed by atoms with Gasteiger partial charge in [0, 0.05) is 43.4 Å². The molecule has 2 atom stereocenters. The Balaban J connectivity index is 1.63. The molecule has 33 heavy (non-hydrogen) atoms. The molecule has 0 fully saturated rings. The van der Waals surface area contributed by atoms with E-state index in [1.165, 1.54) is 17.0 Å². The lowest BCUT2D eigenvalue weighted by Crippen LogP contribution is -2.51. The van der Waals surface area contributed by atoms with Gasteiger partial charge >= 0.3 is 0 Å². The molecule has 3 heterocycles. The minimum Gasteiger partial charge on any atom is -0.487 e. The van der Waals surface area contributed by atoms with E-state index in [1.54, 1.807) is 31.6 Å². The lowest BCUT2D eigenvalue weighted by Gasteiger charge is -2.43. The summed E-state index contributed by atoms with van der Waals surface area (Å²) in [7, 11) is 1.62. The van der Waals surface area contributed by atoms with Crippen molar-refractivity contribution < 1.29 is 13.9 Å². The van der Waals surface area contributed by atoms with Gasteiger partial charge in [-0.05, 0) is 48.4 Å². The van der Waals surface area contributed by atoms with Gasteiger partial charge in [-0.1, -0.05) is 29.8 Å². The van der Waals surface area contributed by atoms with Crippen LogP contribution in [0, 0.1) is 5.82 Å². The van der Waals surface area contributed by atoms with Crippen LogP contribution < -0.4 is 10.5 Å². The van der Waals surface area contributed by atoms with E-state index >= 15 is 0 Å². The molecule has 2 aromatic carbocycles. The summed E-state index contributed by atoms with van der Waals surface area (Å²) in [5.41, 5.74) is 7.31. The number of fused-ring (bicyclic) bond motifs is 2. The van der Waals surface area contributed by atoms with Crippen molar-refractivity contribution in [3.63, 3.8) is 0 Å². The molecule has 1 spiro atoms. The summed E-state index contributed by atoms with van der Waals surface area (Å²) >= 11 is 6.13. The average Bonchev–Trinajstić information content (AvgIpc) is 2.99. The van der Waals surface area contributed by atoms with E-state index in [4.69, 9.17) is 22.1 Å². The van der Waals surface area contributed by atoms with Crippen LogP contribution in [0.4, 0.5) is 4.39 Å². The molecule has 8 heteroatoms. The van der Waals surface area contributed by atoms with Crippen molar-refractivity contribution in [2.75, 3.05) is 7.05 Å². The Labute approximate surface area is 195 Å². The number of halogens is 2. The van der Waals surface area contributed by atoms with E-state index < -0.39 is 11.1 Å². The van der Waals surface area contributed by atoms with Crippen molar-refractivity contribution in [2.24, 2.45) is 10.7 Å². The molecule has 3 aromatic rings. The van der Waals surface area contributed by atoms with E-state index in [9.17, 15) is 9.18 Å². The first-order chi connectivity index (χ1) is 15.7. The highest BCUT2D eigenvalue weighted by molar-refractivity contribution is 6.30. The van der Waals surface area contributed by atoms with Crippen molar-refractivity contribution in [3.05, 3.63) is 82.9 Å². The fraction of sp³-hybridized carbons (Fsp3) is 0.240. The Kier molecular flexibility index (Phi) is 4.90. The molecule has 1 aromatic heterocycles. The highest BCUT2D eigenvalue weighted by Gasteiger charge is 2.56. The van der Waals surface area contributed by atoms with Gasteiger partial charge in [-0.3, -0.25) is 14.7 Å². The van der Waals surface area contributed by atoms with E-state index in [1.807, 2.05) is 31.2 Å². The largest absolute Gasteiger partial charge is 0.487 e. The predicted octanol–water partition coefficient (Wildman–Crippen LogP) is 4.31. The maximum atomic E-state index is 13.5. The second kappa shape index (κ2) is 7.56. The number of rotatable bonds is 3. The summed E-state index contributed by atoms with van der Waals surface area (Å²) in [6.45, 7) is 1.94. The summed E-state index contributed by atoms with van der Waals surface area (Å²) < 4.78 is 19.9. The zero-order valence-electron chi connectivity index (χ0n) is 18.2. The molecule has 0 bridgehead atoms.